The molecule has 0 unspecified atom stereocenters. The zero-order valence-electron chi connectivity index (χ0n) is 10.8. The minimum atomic E-state index is 0.841. The van der Waals surface area contributed by atoms with Crippen molar-refractivity contribution in [2.75, 3.05) is 12.5 Å². The first-order chi connectivity index (χ1) is 8.65. The van der Waals surface area contributed by atoms with Gasteiger partial charge in [-0.1, -0.05) is 0 Å². The number of aryl methyl sites for hydroxylation is 2. The van der Waals surface area contributed by atoms with E-state index in [1.165, 1.54) is 0 Å². The van der Waals surface area contributed by atoms with E-state index in [4.69, 9.17) is 10.6 Å². The van der Waals surface area contributed by atoms with Gasteiger partial charge in [0.15, 0.2) is 0 Å². The summed E-state index contributed by atoms with van der Waals surface area (Å²) in [4.78, 5) is 4.38. The number of hydrazine groups is 1. The van der Waals surface area contributed by atoms with Gasteiger partial charge in [0.1, 0.15) is 5.75 Å². The summed E-state index contributed by atoms with van der Waals surface area (Å²) in [6, 6.07) is 7.86. The lowest BCUT2D eigenvalue weighted by Gasteiger charge is -2.11. The highest BCUT2D eigenvalue weighted by atomic mass is 16.5. The van der Waals surface area contributed by atoms with Crippen LogP contribution in [0.25, 0.3) is 11.3 Å². The number of nitrogens with one attached hydrogen (secondary N) is 1. The van der Waals surface area contributed by atoms with Crippen LogP contribution >= 0.6 is 0 Å². The van der Waals surface area contributed by atoms with E-state index >= 15 is 0 Å². The lowest BCUT2D eigenvalue weighted by Crippen LogP contribution is -2.06. The average molecular weight is 243 g/mol. The number of ether oxygens (including phenoxy) is 1. The van der Waals surface area contributed by atoms with Crippen molar-refractivity contribution in [3.63, 3.8) is 0 Å². The van der Waals surface area contributed by atoms with Gasteiger partial charge in [-0.2, -0.15) is 0 Å². The van der Waals surface area contributed by atoms with Gasteiger partial charge < -0.3 is 10.2 Å². The summed E-state index contributed by atoms with van der Waals surface area (Å²) in [6.07, 6.45) is 1.74. The molecular weight excluding hydrogens is 226 g/mol. The maximum atomic E-state index is 5.41. The Labute approximate surface area is 107 Å². The van der Waals surface area contributed by atoms with Crippen LogP contribution in [-0.4, -0.2) is 12.1 Å². The molecule has 3 N–H and O–H groups in total. The Hall–Kier alpha value is -2.07. The summed E-state index contributed by atoms with van der Waals surface area (Å²) in [7, 11) is 1.68. The van der Waals surface area contributed by atoms with Gasteiger partial charge in [-0.25, -0.2) is 0 Å². The summed E-state index contributed by atoms with van der Waals surface area (Å²) in [6.45, 7) is 4.06. The van der Waals surface area contributed by atoms with Gasteiger partial charge in [0.05, 0.1) is 18.5 Å². The minimum Gasteiger partial charge on any atom is -0.496 e. The van der Waals surface area contributed by atoms with Gasteiger partial charge >= 0.3 is 0 Å². The van der Waals surface area contributed by atoms with Gasteiger partial charge in [0.2, 0.25) is 0 Å². The van der Waals surface area contributed by atoms with Crippen LogP contribution in [0.2, 0.25) is 0 Å². The molecule has 2 rings (SSSR count). The second kappa shape index (κ2) is 5.06. The number of anilines is 1. The SMILES string of the molecule is COc1cc(C)c(-c2cc(NN)ccn2)cc1C. The van der Waals surface area contributed by atoms with E-state index in [1.807, 2.05) is 32.0 Å². The Balaban J connectivity index is 2.53. The third-order valence-corrected chi connectivity index (χ3v) is 2.94. The van der Waals surface area contributed by atoms with Gasteiger partial charge in [0, 0.05) is 11.8 Å². The molecule has 94 valence electrons. The third kappa shape index (κ3) is 2.28. The monoisotopic (exact) mass is 243 g/mol. The van der Waals surface area contributed by atoms with Crippen LogP contribution in [0.4, 0.5) is 5.69 Å². The van der Waals surface area contributed by atoms with E-state index in [0.29, 0.717) is 0 Å². The lowest BCUT2D eigenvalue weighted by atomic mass is 10.0. The van der Waals surface area contributed by atoms with Gasteiger partial charge in [-0.15, -0.1) is 0 Å². The molecule has 4 heteroatoms. The van der Waals surface area contributed by atoms with Crippen molar-refractivity contribution in [1.82, 2.24) is 4.98 Å². The van der Waals surface area contributed by atoms with Crippen molar-refractivity contribution in [2.24, 2.45) is 5.84 Å². The summed E-state index contributed by atoms with van der Waals surface area (Å²) >= 11 is 0. The second-order valence-electron chi connectivity index (χ2n) is 4.21. The topological polar surface area (TPSA) is 60.2 Å². The highest BCUT2D eigenvalue weighted by molar-refractivity contribution is 5.69. The van der Waals surface area contributed by atoms with E-state index in [2.05, 4.69) is 16.5 Å². The number of aromatic nitrogens is 1. The maximum absolute atomic E-state index is 5.41. The summed E-state index contributed by atoms with van der Waals surface area (Å²) in [5.74, 6) is 6.31. The molecule has 0 amide bonds. The van der Waals surface area contributed by atoms with Crippen molar-refractivity contribution < 1.29 is 4.74 Å². The maximum Gasteiger partial charge on any atom is 0.122 e. The first-order valence-corrected chi connectivity index (χ1v) is 5.74. The molecule has 0 aliphatic heterocycles. The fraction of sp³-hybridized carbons (Fsp3) is 0.214. The van der Waals surface area contributed by atoms with E-state index in [1.54, 1.807) is 13.3 Å². The van der Waals surface area contributed by atoms with Crippen molar-refractivity contribution in [3.8, 4) is 17.0 Å². The Bertz CT molecular complexity index is 567. The molecule has 0 saturated heterocycles. The van der Waals surface area contributed by atoms with Crippen LogP contribution in [0.1, 0.15) is 11.1 Å². The molecule has 4 nitrogen and oxygen atoms in total. The number of hydrogen-bond acceptors (Lipinski definition) is 4. The molecule has 1 heterocycles. The molecule has 0 spiro atoms. The molecule has 0 atom stereocenters. The first-order valence-electron chi connectivity index (χ1n) is 5.74. The first kappa shape index (κ1) is 12.4. The van der Waals surface area contributed by atoms with Gasteiger partial charge in [-0.3, -0.25) is 10.8 Å². The Kier molecular flexibility index (Phi) is 3.48. The van der Waals surface area contributed by atoms with Gasteiger partial charge in [0.25, 0.3) is 0 Å². The van der Waals surface area contributed by atoms with Crippen molar-refractivity contribution in [1.29, 1.82) is 0 Å². The van der Waals surface area contributed by atoms with Crippen LogP contribution in [0, 0.1) is 13.8 Å². The Morgan fingerprint density at radius 2 is 1.94 bits per heavy atom. The molecule has 1 aromatic heterocycles. The average Bonchev–Trinajstić information content (AvgIpc) is 2.41. The Morgan fingerprint density at radius 1 is 1.17 bits per heavy atom. The fourth-order valence-corrected chi connectivity index (χ4v) is 1.95. The summed E-state index contributed by atoms with van der Waals surface area (Å²) in [5, 5.41) is 0. The van der Waals surface area contributed by atoms with E-state index < -0.39 is 0 Å². The Morgan fingerprint density at radius 3 is 2.61 bits per heavy atom. The standard InChI is InChI=1S/C14H17N3O/c1-9-7-14(18-3)10(2)6-12(9)13-8-11(17-15)4-5-16-13/h4-8H,15H2,1-3H3,(H,16,17). The number of nitrogens with zero attached hydrogens (tertiary/aromatic N) is 1. The number of nitrogens with two attached hydrogens (primary N) is 1. The highest BCUT2D eigenvalue weighted by Crippen LogP contribution is 2.29. The molecule has 1 aromatic carbocycles. The number of rotatable bonds is 3. The molecule has 0 fully saturated rings. The molecule has 0 bridgehead atoms. The number of benzene rings is 1. The third-order valence-electron chi connectivity index (χ3n) is 2.94. The molecule has 0 aliphatic rings. The van der Waals surface area contributed by atoms with E-state index in [-0.39, 0.29) is 0 Å². The zero-order valence-corrected chi connectivity index (χ0v) is 10.8. The van der Waals surface area contributed by atoms with Crippen LogP contribution in [0.5, 0.6) is 5.75 Å². The number of pyridine rings is 1. The van der Waals surface area contributed by atoms with Crippen molar-refractivity contribution in [3.05, 3.63) is 41.6 Å². The van der Waals surface area contributed by atoms with Crippen LogP contribution < -0.4 is 16.0 Å². The van der Waals surface area contributed by atoms with Crippen molar-refractivity contribution in [2.45, 2.75) is 13.8 Å². The predicted molar refractivity (Wildman–Crippen MR) is 73.5 cm³/mol. The molecule has 0 radical (unpaired) electrons. The number of nitrogen functional groups attached to an aromatic ring is 1. The molecule has 0 saturated carbocycles. The molecular formula is C14H17N3O. The largest absolute Gasteiger partial charge is 0.496 e. The van der Waals surface area contributed by atoms with Crippen LogP contribution in [0.15, 0.2) is 30.5 Å². The smallest absolute Gasteiger partial charge is 0.122 e. The van der Waals surface area contributed by atoms with Gasteiger partial charge in [-0.05, 0) is 49.2 Å². The predicted octanol–water partition coefficient (Wildman–Crippen LogP) is 2.66. The summed E-state index contributed by atoms with van der Waals surface area (Å²) < 4.78 is 5.31. The lowest BCUT2D eigenvalue weighted by molar-refractivity contribution is 0.411. The second-order valence-corrected chi connectivity index (χ2v) is 4.21. The zero-order chi connectivity index (χ0) is 13.1. The fourth-order valence-electron chi connectivity index (χ4n) is 1.95. The molecule has 0 aliphatic carbocycles. The van der Waals surface area contributed by atoms with E-state index in [9.17, 15) is 0 Å². The quantitative estimate of drug-likeness (QED) is 0.642. The van der Waals surface area contributed by atoms with E-state index in [0.717, 1.165) is 33.8 Å². The normalized spacial score (nSPS) is 10.2. The molecule has 2 aromatic rings. The number of methoxy groups -OCH3 is 1. The minimum absolute atomic E-state index is 0.841. The van der Waals surface area contributed by atoms with Crippen LogP contribution in [-0.2, 0) is 0 Å². The molecule has 18 heavy (non-hydrogen) atoms. The highest BCUT2D eigenvalue weighted by Gasteiger charge is 2.08. The summed E-state index contributed by atoms with van der Waals surface area (Å²) in [5.41, 5.74) is 7.67. The van der Waals surface area contributed by atoms with Crippen molar-refractivity contribution >= 4 is 5.69 Å². The number of hydrogen-bond donors (Lipinski definition) is 2. The van der Waals surface area contributed by atoms with Crippen LogP contribution in [0.3, 0.4) is 0 Å².